The minimum absolute atomic E-state index is 0.0453. The van der Waals surface area contributed by atoms with Gasteiger partial charge in [0.2, 0.25) is 11.8 Å². The first kappa shape index (κ1) is 23.8. The van der Waals surface area contributed by atoms with Crippen LogP contribution in [0.4, 0.5) is 0 Å². The number of amides is 2. The minimum Gasteiger partial charge on any atom is -0.354 e. The number of hydrogen-bond acceptors (Lipinski definition) is 2. The van der Waals surface area contributed by atoms with Gasteiger partial charge in [0.05, 0.1) is 0 Å². The van der Waals surface area contributed by atoms with E-state index in [-0.39, 0.29) is 11.8 Å². The number of unbranched alkanes of at least 4 members (excludes halogenated alkanes) is 1. The molecule has 5 heteroatoms. The molecule has 0 aliphatic heterocycles. The van der Waals surface area contributed by atoms with Gasteiger partial charge in [0.25, 0.3) is 0 Å². The molecule has 0 spiro atoms. The van der Waals surface area contributed by atoms with Gasteiger partial charge in [0.1, 0.15) is 6.04 Å². The summed E-state index contributed by atoms with van der Waals surface area (Å²) in [7, 11) is 0. The molecule has 4 nitrogen and oxygen atoms in total. The molecule has 168 valence electrons. The third-order valence-electron chi connectivity index (χ3n) is 5.73. The van der Waals surface area contributed by atoms with E-state index >= 15 is 0 Å². The van der Waals surface area contributed by atoms with Crippen molar-refractivity contribution < 1.29 is 9.59 Å². The van der Waals surface area contributed by atoms with Crippen LogP contribution >= 0.6 is 11.6 Å². The molecule has 0 aromatic heterocycles. The Morgan fingerprint density at radius 1 is 1.03 bits per heavy atom. The topological polar surface area (TPSA) is 49.4 Å². The molecule has 0 unspecified atom stereocenters. The first-order valence-corrected chi connectivity index (χ1v) is 11.7. The van der Waals surface area contributed by atoms with Crippen LogP contribution in [0.25, 0.3) is 10.8 Å². The highest BCUT2D eigenvalue weighted by Crippen LogP contribution is 2.21. The Balaban J connectivity index is 1.76. The lowest BCUT2D eigenvalue weighted by molar-refractivity contribution is -0.140. The summed E-state index contributed by atoms with van der Waals surface area (Å²) in [6, 6.07) is 21.2. The number of aryl methyl sites for hydroxylation is 1. The molecule has 0 saturated carbocycles. The monoisotopic (exact) mass is 450 g/mol. The van der Waals surface area contributed by atoms with Crippen molar-refractivity contribution in [2.45, 2.75) is 52.1 Å². The van der Waals surface area contributed by atoms with Crippen molar-refractivity contribution in [1.82, 2.24) is 10.2 Å². The fourth-order valence-corrected chi connectivity index (χ4v) is 4.06. The Morgan fingerprint density at radius 2 is 1.78 bits per heavy atom. The van der Waals surface area contributed by atoms with Gasteiger partial charge in [0.15, 0.2) is 0 Å². The molecule has 0 saturated heterocycles. The zero-order valence-corrected chi connectivity index (χ0v) is 19.6. The van der Waals surface area contributed by atoms with Gasteiger partial charge in [-0.15, -0.1) is 0 Å². The summed E-state index contributed by atoms with van der Waals surface area (Å²) in [6.07, 6.45) is 2.88. The van der Waals surface area contributed by atoms with Crippen molar-refractivity contribution in [3.05, 3.63) is 82.9 Å². The van der Waals surface area contributed by atoms with Crippen molar-refractivity contribution in [1.29, 1.82) is 0 Å². The van der Waals surface area contributed by atoms with E-state index in [2.05, 4.69) is 36.5 Å². The number of nitrogens with zero attached hydrogens (tertiary/aromatic N) is 1. The number of nitrogens with one attached hydrogen (secondary N) is 1. The normalized spacial score (nSPS) is 11.8. The van der Waals surface area contributed by atoms with Crippen LogP contribution in [0, 0.1) is 0 Å². The number of carbonyl (C=O) groups excluding carboxylic acids is 2. The molecule has 3 aromatic rings. The molecule has 3 rings (SSSR count). The van der Waals surface area contributed by atoms with E-state index in [9.17, 15) is 9.59 Å². The highest BCUT2D eigenvalue weighted by Gasteiger charge is 2.26. The maximum absolute atomic E-state index is 13.3. The van der Waals surface area contributed by atoms with Crippen molar-refractivity contribution in [3.63, 3.8) is 0 Å². The molecular formula is C27H31ClN2O2. The number of halogens is 1. The molecule has 32 heavy (non-hydrogen) atoms. The SMILES string of the molecule is CCCCNC(=O)[C@@H](C)N(Cc1cccc(Cl)c1)C(=O)CCc1cccc2ccccc12. The Hall–Kier alpha value is -2.85. The second-order valence-corrected chi connectivity index (χ2v) is 8.55. The predicted octanol–water partition coefficient (Wildman–Crippen LogP) is 5.76. The van der Waals surface area contributed by atoms with E-state index in [1.54, 1.807) is 17.9 Å². The maximum atomic E-state index is 13.3. The van der Waals surface area contributed by atoms with Crippen LogP contribution in [-0.4, -0.2) is 29.3 Å². The molecule has 0 radical (unpaired) electrons. The summed E-state index contributed by atoms with van der Waals surface area (Å²) in [6.45, 7) is 4.84. The molecule has 0 bridgehead atoms. The second-order valence-electron chi connectivity index (χ2n) is 8.11. The summed E-state index contributed by atoms with van der Waals surface area (Å²) < 4.78 is 0. The fraction of sp³-hybridized carbons (Fsp3) is 0.333. The van der Waals surface area contributed by atoms with Crippen LogP contribution in [0.3, 0.4) is 0 Å². The first-order valence-electron chi connectivity index (χ1n) is 11.3. The van der Waals surface area contributed by atoms with Crippen molar-refractivity contribution >= 4 is 34.2 Å². The molecule has 1 N–H and O–H groups in total. The van der Waals surface area contributed by atoms with Crippen LogP contribution in [0.15, 0.2) is 66.7 Å². The molecule has 0 aliphatic carbocycles. The summed E-state index contributed by atoms with van der Waals surface area (Å²) in [5.74, 6) is -0.171. The Labute approximate surface area is 195 Å². The quantitative estimate of drug-likeness (QED) is 0.399. The second kappa shape index (κ2) is 11.7. The summed E-state index contributed by atoms with van der Waals surface area (Å²) in [4.78, 5) is 27.7. The average Bonchev–Trinajstić information content (AvgIpc) is 2.80. The number of hydrogen-bond donors (Lipinski definition) is 1. The molecule has 0 heterocycles. The molecule has 1 atom stereocenters. The Bertz CT molecular complexity index is 1060. The minimum atomic E-state index is -0.564. The number of rotatable bonds is 10. The third-order valence-corrected chi connectivity index (χ3v) is 5.96. The van der Waals surface area contributed by atoms with Gasteiger partial charge in [-0.25, -0.2) is 0 Å². The third kappa shape index (κ3) is 6.33. The first-order chi connectivity index (χ1) is 15.5. The van der Waals surface area contributed by atoms with E-state index in [0.717, 1.165) is 34.7 Å². The lowest BCUT2D eigenvalue weighted by atomic mass is 10.0. The molecule has 0 aliphatic rings. The predicted molar refractivity (Wildman–Crippen MR) is 132 cm³/mol. The van der Waals surface area contributed by atoms with E-state index < -0.39 is 6.04 Å². The molecule has 0 fully saturated rings. The standard InChI is InChI=1S/C27H31ClN2O2/c1-3-4-17-29-27(32)20(2)30(19-21-9-7-13-24(28)18-21)26(31)16-15-23-12-8-11-22-10-5-6-14-25(22)23/h5-14,18,20H,3-4,15-17,19H2,1-2H3,(H,29,32)/t20-/m1/s1. The lowest BCUT2D eigenvalue weighted by Crippen LogP contribution is -2.47. The summed E-state index contributed by atoms with van der Waals surface area (Å²) in [5, 5.41) is 5.90. The summed E-state index contributed by atoms with van der Waals surface area (Å²) in [5.41, 5.74) is 2.04. The lowest BCUT2D eigenvalue weighted by Gasteiger charge is -2.29. The van der Waals surface area contributed by atoms with Crippen LogP contribution in [0.2, 0.25) is 5.02 Å². The van der Waals surface area contributed by atoms with Crippen LogP contribution in [0.1, 0.15) is 44.2 Å². The van der Waals surface area contributed by atoms with E-state index in [1.165, 1.54) is 0 Å². The number of benzene rings is 3. The smallest absolute Gasteiger partial charge is 0.242 e. The largest absolute Gasteiger partial charge is 0.354 e. The number of carbonyl (C=O) groups is 2. The zero-order valence-electron chi connectivity index (χ0n) is 18.8. The van der Waals surface area contributed by atoms with Crippen molar-refractivity contribution in [2.24, 2.45) is 0 Å². The summed E-state index contributed by atoms with van der Waals surface area (Å²) >= 11 is 6.15. The highest BCUT2D eigenvalue weighted by atomic mass is 35.5. The Kier molecular flexibility index (Phi) is 8.69. The van der Waals surface area contributed by atoms with Gasteiger partial charge in [0, 0.05) is 24.5 Å². The maximum Gasteiger partial charge on any atom is 0.242 e. The van der Waals surface area contributed by atoms with Crippen LogP contribution in [-0.2, 0) is 22.6 Å². The van der Waals surface area contributed by atoms with Gasteiger partial charge in [-0.05, 0) is 53.8 Å². The average molecular weight is 451 g/mol. The number of fused-ring (bicyclic) bond motifs is 1. The highest BCUT2D eigenvalue weighted by molar-refractivity contribution is 6.30. The van der Waals surface area contributed by atoms with Crippen molar-refractivity contribution in [2.75, 3.05) is 6.54 Å². The van der Waals surface area contributed by atoms with E-state index in [0.29, 0.717) is 31.0 Å². The van der Waals surface area contributed by atoms with Crippen LogP contribution in [0.5, 0.6) is 0 Å². The van der Waals surface area contributed by atoms with E-state index in [4.69, 9.17) is 11.6 Å². The molecule has 2 amide bonds. The van der Waals surface area contributed by atoms with Gasteiger partial charge >= 0.3 is 0 Å². The molecule has 3 aromatic carbocycles. The Morgan fingerprint density at radius 3 is 2.56 bits per heavy atom. The van der Waals surface area contributed by atoms with Gasteiger partial charge in [-0.3, -0.25) is 9.59 Å². The van der Waals surface area contributed by atoms with Crippen molar-refractivity contribution in [3.8, 4) is 0 Å². The van der Waals surface area contributed by atoms with Gasteiger partial charge in [-0.2, -0.15) is 0 Å². The zero-order chi connectivity index (χ0) is 22.9. The van der Waals surface area contributed by atoms with Gasteiger partial charge in [-0.1, -0.05) is 79.5 Å². The molecular weight excluding hydrogens is 420 g/mol. The van der Waals surface area contributed by atoms with Crippen LogP contribution < -0.4 is 5.32 Å². The fourth-order valence-electron chi connectivity index (χ4n) is 3.85. The van der Waals surface area contributed by atoms with E-state index in [1.807, 2.05) is 36.4 Å². The van der Waals surface area contributed by atoms with Gasteiger partial charge < -0.3 is 10.2 Å².